The molecule has 0 aliphatic heterocycles. The third kappa shape index (κ3) is 18.4. The summed E-state index contributed by atoms with van der Waals surface area (Å²) >= 11 is 0. The summed E-state index contributed by atoms with van der Waals surface area (Å²) in [5.74, 6) is 0. The molecule has 0 atom stereocenters. The lowest BCUT2D eigenvalue weighted by Gasteiger charge is -1.84. The van der Waals surface area contributed by atoms with Gasteiger partial charge in [-0.3, -0.25) is 4.57 Å². The first-order valence-corrected chi connectivity index (χ1v) is 3.96. The van der Waals surface area contributed by atoms with Crippen LogP contribution >= 0.6 is 8.46 Å². The Bertz CT molecular complexity index is 72.7. The van der Waals surface area contributed by atoms with E-state index in [-0.39, 0.29) is 0 Å². The van der Waals surface area contributed by atoms with Crippen LogP contribution < -0.4 is 0 Å². The average Bonchev–Trinajstić information content (AvgIpc) is 1.94. The van der Waals surface area contributed by atoms with Crippen molar-refractivity contribution in [2.24, 2.45) is 0 Å². The topological polar surface area (TPSA) is 40.9 Å². The molecular weight excluding hydrogens is 133 g/mol. The Hall–Kier alpha value is -0.410. The molecule has 0 saturated carbocycles. The number of rotatable bonds is 4. The first-order chi connectivity index (χ1) is 4.41. The molecule has 0 aliphatic rings. The minimum absolute atomic E-state index is 0.305. The Labute approximate surface area is 58.1 Å². The molecule has 0 amide bonds. The lowest BCUT2D eigenvalue weighted by Crippen LogP contribution is -1.71. The van der Waals surface area contributed by atoms with Gasteiger partial charge in [0.2, 0.25) is 0 Å². The second-order valence-electron chi connectivity index (χ2n) is 1.56. The van der Waals surface area contributed by atoms with Crippen LogP contribution in [-0.2, 0) is 4.57 Å². The van der Waals surface area contributed by atoms with Crippen molar-refractivity contribution < 1.29 is 4.57 Å². The van der Waals surface area contributed by atoms with Crippen LogP contribution in [0.2, 0.25) is 0 Å². The van der Waals surface area contributed by atoms with Crippen LogP contribution in [0.5, 0.6) is 0 Å². The lowest BCUT2D eigenvalue weighted by molar-refractivity contribution is 0.596. The molecule has 0 radical (unpaired) electrons. The van der Waals surface area contributed by atoms with E-state index in [1.54, 1.807) is 0 Å². The van der Waals surface area contributed by atoms with Crippen molar-refractivity contribution in [3.05, 3.63) is 0 Å². The van der Waals surface area contributed by atoms with Gasteiger partial charge in [-0.2, -0.15) is 0 Å². The van der Waals surface area contributed by atoms with Gasteiger partial charge >= 0.3 is 0 Å². The molecule has 0 heterocycles. The Morgan fingerprint density at radius 3 is 2.33 bits per heavy atom. The molecule has 0 bridgehead atoms. The summed E-state index contributed by atoms with van der Waals surface area (Å²) in [6.07, 6.45) is 4.39. The molecule has 0 spiro atoms. The first-order valence-electron chi connectivity index (χ1n) is 2.96. The molecule has 0 rings (SSSR count). The monoisotopic (exact) mass is 145 g/mol. The third-order valence-electron chi connectivity index (χ3n) is 0.853. The fourth-order valence-electron chi connectivity index (χ4n) is 0.426. The van der Waals surface area contributed by atoms with Crippen LogP contribution in [0, 0.1) is 11.8 Å². The molecule has 0 fully saturated rings. The molecule has 3 heteroatoms. The van der Waals surface area contributed by atoms with E-state index in [0.29, 0.717) is 8.46 Å². The molecule has 0 unspecified atom stereocenters. The van der Waals surface area contributed by atoms with E-state index in [0.717, 1.165) is 12.6 Å². The van der Waals surface area contributed by atoms with Crippen LogP contribution in [0.4, 0.5) is 0 Å². The molecule has 9 heavy (non-hydrogen) atoms. The number of unbranched alkanes of at least 4 members (excludes halogenated alkanes) is 2. The van der Waals surface area contributed by atoms with E-state index < -0.39 is 0 Å². The van der Waals surface area contributed by atoms with Gasteiger partial charge in [-0.05, 0) is 6.42 Å². The summed E-state index contributed by atoms with van der Waals surface area (Å²) in [5, 5.41) is 6.50. The smallest absolute Gasteiger partial charge is 0.155 e. The third-order valence-corrected chi connectivity index (χ3v) is 1.35. The number of nitriles is 1. The second kappa shape index (κ2) is 15.6. The maximum atomic E-state index is 9.78. The maximum Gasteiger partial charge on any atom is 0.155 e. The Morgan fingerprint density at radius 2 is 2.00 bits per heavy atom. The van der Waals surface area contributed by atoms with Crippen molar-refractivity contribution in [3.63, 3.8) is 0 Å². The highest BCUT2D eigenvalue weighted by Gasteiger charge is 1.81. The fourth-order valence-corrected chi connectivity index (χ4v) is 0.779. The molecule has 0 saturated heterocycles. The van der Waals surface area contributed by atoms with Crippen LogP contribution in [0.3, 0.4) is 0 Å². The van der Waals surface area contributed by atoms with Crippen molar-refractivity contribution >= 4 is 8.46 Å². The van der Waals surface area contributed by atoms with Gasteiger partial charge in [0.15, 0.2) is 8.46 Å². The Kier molecular flexibility index (Phi) is 19.8. The molecule has 52 valence electrons. The SMILES string of the molecule is C#N.CCCCCP=O. The van der Waals surface area contributed by atoms with E-state index in [1.165, 1.54) is 12.8 Å². The van der Waals surface area contributed by atoms with Gasteiger partial charge < -0.3 is 0 Å². The molecular formula is C6H12NOP. The average molecular weight is 145 g/mol. The van der Waals surface area contributed by atoms with E-state index in [9.17, 15) is 4.57 Å². The molecule has 0 aromatic heterocycles. The van der Waals surface area contributed by atoms with Gasteiger partial charge in [-0.15, -0.1) is 0 Å². The Balaban J connectivity index is 0. The summed E-state index contributed by atoms with van der Waals surface area (Å²) < 4.78 is 9.78. The standard InChI is InChI=1S/C5H11OP.CHN/c1-2-3-4-5-7-6;1-2/h2-5H2,1H3;1H. The highest BCUT2D eigenvalue weighted by molar-refractivity contribution is 7.23. The second-order valence-corrected chi connectivity index (χ2v) is 2.27. The summed E-state index contributed by atoms with van der Waals surface area (Å²) in [7, 11) is 0.305. The van der Waals surface area contributed by atoms with Gasteiger partial charge in [0.05, 0.1) is 0 Å². The quantitative estimate of drug-likeness (QED) is 0.450. The molecule has 0 aliphatic carbocycles. The van der Waals surface area contributed by atoms with Gasteiger partial charge in [-0.1, -0.05) is 19.8 Å². The minimum atomic E-state index is 0.305. The number of hydrogen-bond acceptors (Lipinski definition) is 2. The van der Waals surface area contributed by atoms with Crippen LogP contribution in [0.1, 0.15) is 26.2 Å². The zero-order valence-electron chi connectivity index (χ0n) is 5.71. The van der Waals surface area contributed by atoms with E-state index in [1.807, 2.05) is 0 Å². The van der Waals surface area contributed by atoms with E-state index in [4.69, 9.17) is 5.26 Å². The van der Waals surface area contributed by atoms with Crippen LogP contribution in [0.15, 0.2) is 0 Å². The normalized spacial score (nSPS) is 7.89. The summed E-state index contributed by atoms with van der Waals surface area (Å²) in [4.78, 5) is 0. The minimum Gasteiger partial charge on any atom is -0.275 e. The van der Waals surface area contributed by atoms with Gasteiger partial charge in [0, 0.05) is 12.7 Å². The van der Waals surface area contributed by atoms with Crippen molar-refractivity contribution in [2.45, 2.75) is 26.2 Å². The predicted molar refractivity (Wildman–Crippen MR) is 38.7 cm³/mol. The summed E-state index contributed by atoms with van der Waals surface area (Å²) in [6.45, 7) is 5.64. The van der Waals surface area contributed by atoms with Crippen molar-refractivity contribution in [3.8, 4) is 6.57 Å². The zero-order chi connectivity index (χ0) is 7.54. The molecule has 0 N–H and O–H groups in total. The van der Waals surface area contributed by atoms with E-state index >= 15 is 0 Å². The summed E-state index contributed by atoms with van der Waals surface area (Å²) in [6, 6.07) is 0. The van der Waals surface area contributed by atoms with Crippen molar-refractivity contribution in [1.29, 1.82) is 5.26 Å². The summed E-state index contributed by atoms with van der Waals surface area (Å²) in [5.41, 5.74) is 0. The van der Waals surface area contributed by atoms with Gasteiger partial charge in [-0.25, -0.2) is 5.26 Å². The fraction of sp³-hybridized carbons (Fsp3) is 0.833. The largest absolute Gasteiger partial charge is 0.275 e. The number of hydrogen-bond donors (Lipinski definition) is 0. The predicted octanol–water partition coefficient (Wildman–Crippen LogP) is 2.61. The van der Waals surface area contributed by atoms with Crippen LogP contribution in [-0.4, -0.2) is 6.16 Å². The Morgan fingerprint density at radius 1 is 1.44 bits per heavy atom. The van der Waals surface area contributed by atoms with E-state index in [2.05, 4.69) is 13.5 Å². The number of nitrogens with zero attached hydrogens (tertiary/aromatic N) is 1. The highest BCUT2D eigenvalue weighted by Crippen LogP contribution is 2.00. The maximum absolute atomic E-state index is 9.78. The van der Waals surface area contributed by atoms with Crippen molar-refractivity contribution in [1.82, 2.24) is 0 Å². The molecule has 2 nitrogen and oxygen atoms in total. The lowest BCUT2D eigenvalue weighted by atomic mass is 10.3. The molecule has 0 aromatic rings. The molecule has 0 aromatic carbocycles. The zero-order valence-corrected chi connectivity index (χ0v) is 6.60. The first kappa shape index (κ1) is 11.4. The van der Waals surface area contributed by atoms with Crippen molar-refractivity contribution in [2.75, 3.05) is 6.16 Å². The van der Waals surface area contributed by atoms with Gasteiger partial charge in [0.25, 0.3) is 0 Å². The van der Waals surface area contributed by atoms with Crippen LogP contribution in [0.25, 0.3) is 0 Å². The highest BCUT2D eigenvalue weighted by atomic mass is 31.1. The van der Waals surface area contributed by atoms with Gasteiger partial charge in [0.1, 0.15) is 0 Å².